The van der Waals surface area contributed by atoms with Gasteiger partial charge in [0, 0.05) is 45.7 Å². The second-order valence-corrected chi connectivity index (χ2v) is 5.77. The molecular formula is C16H23N5. The lowest BCUT2D eigenvalue weighted by atomic mass is 10.2. The lowest BCUT2D eigenvalue weighted by Gasteiger charge is -2.16. The molecule has 2 aromatic rings. The minimum Gasteiger partial charge on any atom is -0.321 e. The summed E-state index contributed by atoms with van der Waals surface area (Å²) in [6, 6.07) is 11.3. The number of hydrogen-bond donors (Lipinski definition) is 1. The van der Waals surface area contributed by atoms with Crippen LogP contribution in [0.5, 0.6) is 0 Å². The van der Waals surface area contributed by atoms with Gasteiger partial charge in [-0.05, 0) is 12.0 Å². The van der Waals surface area contributed by atoms with Gasteiger partial charge in [-0.3, -0.25) is 4.90 Å². The van der Waals surface area contributed by atoms with E-state index in [-0.39, 0.29) is 0 Å². The number of likely N-dealkylation sites (tertiary alicyclic amines) is 1. The first kappa shape index (κ1) is 14.2. The third-order valence-electron chi connectivity index (χ3n) is 4.11. The Morgan fingerprint density at radius 1 is 1.29 bits per heavy atom. The largest absolute Gasteiger partial charge is 0.321 e. The molecule has 5 nitrogen and oxygen atoms in total. The zero-order valence-electron chi connectivity index (χ0n) is 12.6. The molecule has 1 N–H and O–H groups in total. The van der Waals surface area contributed by atoms with Crippen LogP contribution in [0.15, 0.2) is 36.7 Å². The molecule has 1 saturated heterocycles. The van der Waals surface area contributed by atoms with Crippen LogP contribution in [0.1, 0.15) is 17.8 Å². The number of nitrogens with zero attached hydrogens (tertiary/aromatic N) is 4. The Labute approximate surface area is 126 Å². The van der Waals surface area contributed by atoms with Gasteiger partial charge in [0.25, 0.3) is 0 Å². The molecule has 0 spiro atoms. The highest BCUT2D eigenvalue weighted by atomic mass is 15.2. The molecule has 0 saturated carbocycles. The summed E-state index contributed by atoms with van der Waals surface area (Å²) in [5, 5.41) is 11.7. The standard InChI is InChI=1S/C16H23N5/c1-20-13-18-19-16(20)7-9-17-15-8-10-21(12-15)11-14-5-3-2-4-6-14/h2-6,13,15,17H,7-12H2,1H3. The van der Waals surface area contributed by atoms with Gasteiger partial charge in [0.05, 0.1) is 0 Å². The first-order chi connectivity index (χ1) is 10.3. The number of hydrogen-bond acceptors (Lipinski definition) is 4. The third kappa shape index (κ3) is 3.89. The Bertz CT molecular complexity index is 551. The first-order valence-corrected chi connectivity index (χ1v) is 7.64. The molecule has 5 heteroatoms. The average Bonchev–Trinajstić information content (AvgIpc) is 3.10. The van der Waals surface area contributed by atoms with Crippen LogP contribution >= 0.6 is 0 Å². The van der Waals surface area contributed by atoms with Gasteiger partial charge in [0.2, 0.25) is 0 Å². The van der Waals surface area contributed by atoms with Crippen molar-refractivity contribution < 1.29 is 0 Å². The van der Waals surface area contributed by atoms with Crippen LogP contribution in [0.4, 0.5) is 0 Å². The van der Waals surface area contributed by atoms with Crippen LogP contribution in [0, 0.1) is 0 Å². The molecule has 1 aromatic carbocycles. The number of rotatable bonds is 6. The Balaban J connectivity index is 1.40. The molecule has 1 fully saturated rings. The van der Waals surface area contributed by atoms with E-state index in [0.717, 1.165) is 31.9 Å². The van der Waals surface area contributed by atoms with Crippen molar-refractivity contribution in [2.75, 3.05) is 19.6 Å². The molecule has 1 unspecified atom stereocenters. The van der Waals surface area contributed by atoms with Crippen LogP contribution in [0.2, 0.25) is 0 Å². The van der Waals surface area contributed by atoms with Crippen molar-refractivity contribution in [3.05, 3.63) is 48.0 Å². The molecule has 0 amide bonds. The smallest absolute Gasteiger partial charge is 0.133 e. The molecule has 1 aliphatic heterocycles. The van der Waals surface area contributed by atoms with Crippen molar-refractivity contribution in [2.45, 2.75) is 25.4 Å². The molecule has 0 bridgehead atoms. The normalized spacial score (nSPS) is 19.2. The van der Waals surface area contributed by atoms with Crippen molar-refractivity contribution in [2.24, 2.45) is 7.05 Å². The number of aromatic nitrogens is 3. The quantitative estimate of drug-likeness (QED) is 0.867. The summed E-state index contributed by atoms with van der Waals surface area (Å²) < 4.78 is 1.98. The lowest BCUT2D eigenvalue weighted by Crippen LogP contribution is -2.34. The SMILES string of the molecule is Cn1cnnc1CCNC1CCN(Cc2ccccc2)C1. The summed E-state index contributed by atoms with van der Waals surface area (Å²) in [4.78, 5) is 2.52. The van der Waals surface area contributed by atoms with E-state index in [4.69, 9.17) is 0 Å². The van der Waals surface area contributed by atoms with Crippen LogP contribution in [-0.4, -0.2) is 45.3 Å². The van der Waals surface area contributed by atoms with Crippen molar-refractivity contribution in [3.63, 3.8) is 0 Å². The zero-order valence-corrected chi connectivity index (χ0v) is 12.6. The summed E-state index contributed by atoms with van der Waals surface area (Å²) in [6.07, 6.45) is 3.92. The number of aryl methyl sites for hydroxylation is 1. The van der Waals surface area contributed by atoms with Gasteiger partial charge in [0.15, 0.2) is 0 Å². The minimum atomic E-state index is 0.599. The molecule has 21 heavy (non-hydrogen) atoms. The number of nitrogens with one attached hydrogen (secondary N) is 1. The fraction of sp³-hybridized carbons (Fsp3) is 0.500. The number of benzene rings is 1. The monoisotopic (exact) mass is 285 g/mol. The maximum atomic E-state index is 4.11. The fourth-order valence-electron chi connectivity index (χ4n) is 2.91. The second-order valence-electron chi connectivity index (χ2n) is 5.77. The Morgan fingerprint density at radius 2 is 2.14 bits per heavy atom. The molecule has 2 heterocycles. The molecule has 1 aromatic heterocycles. The van der Waals surface area contributed by atoms with E-state index in [0.29, 0.717) is 6.04 Å². The van der Waals surface area contributed by atoms with Crippen molar-refractivity contribution >= 4 is 0 Å². The van der Waals surface area contributed by atoms with E-state index in [1.54, 1.807) is 6.33 Å². The first-order valence-electron chi connectivity index (χ1n) is 7.64. The topological polar surface area (TPSA) is 46.0 Å². The van der Waals surface area contributed by atoms with E-state index >= 15 is 0 Å². The molecule has 112 valence electrons. The molecule has 0 radical (unpaired) electrons. The predicted octanol–water partition coefficient (Wildman–Crippen LogP) is 1.22. The average molecular weight is 285 g/mol. The van der Waals surface area contributed by atoms with Crippen LogP contribution in [0.3, 0.4) is 0 Å². The van der Waals surface area contributed by atoms with Gasteiger partial charge in [-0.25, -0.2) is 0 Å². The van der Waals surface area contributed by atoms with Crippen molar-refractivity contribution in [1.29, 1.82) is 0 Å². The highest BCUT2D eigenvalue weighted by molar-refractivity contribution is 5.14. The summed E-state index contributed by atoms with van der Waals surface area (Å²) >= 11 is 0. The van der Waals surface area contributed by atoms with E-state index < -0.39 is 0 Å². The van der Waals surface area contributed by atoms with Gasteiger partial charge >= 0.3 is 0 Å². The van der Waals surface area contributed by atoms with E-state index in [9.17, 15) is 0 Å². The van der Waals surface area contributed by atoms with Gasteiger partial charge in [-0.1, -0.05) is 30.3 Å². The Morgan fingerprint density at radius 3 is 2.90 bits per heavy atom. The Kier molecular flexibility index (Phi) is 4.62. The summed E-state index contributed by atoms with van der Waals surface area (Å²) in [7, 11) is 1.99. The van der Waals surface area contributed by atoms with Gasteiger partial charge in [0.1, 0.15) is 12.2 Å². The molecule has 3 rings (SSSR count). The predicted molar refractivity (Wildman–Crippen MR) is 82.8 cm³/mol. The summed E-state index contributed by atoms with van der Waals surface area (Å²) in [6.45, 7) is 4.34. The van der Waals surface area contributed by atoms with Gasteiger partial charge in [-0.2, -0.15) is 0 Å². The van der Waals surface area contributed by atoms with E-state index in [2.05, 4.69) is 50.7 Å². The lowest BCUT2D eigenvalue weighted by molar-refractivity contribution is 0.320. The van der Waals surface area contributed by atoms with Gasteiger partial charge in [-0.15, -0.1) is 10.2 Å². The van der Waals surface area contributed by atoms with Crippen LogP contribution in [-0.2, 0) is 20.0 Å². The summed E-state index contributed by atoms with van der Waals surface area (Å²) in [5.41, 5.74) is 1.40. The third-order valence-corrected chi connectivity index (χ3v) is 4.11. The molecule has 1 atom stereocenters. The van der Waals surface area contributed by atoms with Gasteiger partial charge < -0.3 is 9.88 Å². The summed E-state index contributed by atoms with van der Waals surface area (Å²) in [5.74, 6) is 1.04. The fourth-order valence-corrected chi connectivity index (χ4v) is 2.91. The highest BCUT2D eigenvalue weighted by Crippen LogP contribution is 2.13. The van der Waals surface area contributed by atoms with E-state index in [1.165, 1.54) is 18.5 Å². The maximum Gasteiger partial charge on any atom is 0.133 e. The maximum absolute atomic E-state index is 4.11. The highest BCUT2D eigenvalue weighted by Gasteiger charge is 2.21. The molecule has 0 aliphatic carbocycles. The second kappa shape index (κ2) is 6.83. The van der Waals surface area contributed by atoms with Crippen LogP contribution < -0.4 is 5.32 Å². The zero-order chi connectivity index (χ0) is 14.5. The van der Waals surface area contributed by atoms with Crippen molar-refractivity contribution in [3.8, 4) is 0 Å². The van der Waals surface area contributed by atoms with E-state index in [1.807, 2.05) is 11.6 Å². The molecule has 1 aliphatic rings. The minimum absolute atomic E-state index is 0.599. The van der Waals surface area contributed by atoms with Crippen molar-refractivity contribution in [1.82, 2.24) is 25.0 Å². The van der Waals surface area contributed by atoms with Crippen LogP contribution in [0.25, 0.3) is 0 Å². The molecular weight excluding hydrogens is 262 g/mol. The Hall–Kier alpha value is -1.72.